The first-order valence-corrected chi connectivity index (χ1v) is 6.51. The Kier molecular flexibility index (Phi) is 4.56. The van der Waals surface area contributed by atoms with Crippen molar-refractivity contribution in [1.82, 2.24) is 0 Å². The predicted octanol–water partition coefficient (Wildman–Crippen LogP) is 4.03. The van der Waals surface area contributed by atoms with Crippen LogP contribution in [-0.4, -0.2) is 12.8 Å². The van der Waals surface area contributed by atoms with E-state index < -0.39 is 6.16 Å². The van der Waals surface area contributed by atoms with E-state index >= 15 is 0 Å². The molecule has 4 nitrogen and oxygen atoms in total. The van der Waals surface area contributed by atoms with Gasteiger partial charge in [-0.3, -0.25) is 0 Å². The van der Waals surface area contributed by atoms with Gasteiger partial charge in [0.25, 0.3) is 0 Å². The van der Waals surface area contributed by atoms with Crippen LogP contribution in [0.5, 0.6) is 5.75 Å². The largest absolute Gasteiger partial charge is 0.513 e. The monoisotopic (exact) mass is 269 g/mol. The Bertz CT molecular complexity index is 658. The molecule has 0 aliphatic carbocycles. The number of benzene rings is 2. The van der Waals surface area contributed by atoms with E-state index in [0.717, 1.165) is 23.6 Å². The molecule has 0 spiro atoms. The van der Waals surface area contributed by atoms with E-state index in [-0.39, 0.29) is 0 Å². The molecular weight excluding hydrogens is 254 g/mol. The van der Waals surface area contributed by atoms with E-state index in [0.29, 0.717) is 17.9 Å². The molecule has 0 unspecified atom stereocenters. The zero-order valence-corrected chi connectivity index (χ0v) is 11.3. The van der Waals surface area contributed by atoms with Crippen LogP contribution in [0.2, 0.25) is 0 Å². The van der Waals surface area contributed by atoms with Gasteiger partial charge in [-0.2, -0.15) is 5.26 Å². The van der Waals surface area contributed by atoms with Gasteiger partial charge in [-0.25, -0.2) is 4.79 Å². The van der Waals surface area contributed by atoms with E-state index in [2.05, 4.69) is 6.07 Å². The molecule has 102 valence electrons. The van der Waals surface area contributed by atoms with Crippen LogP contribution in [-0.2, 0) is 4.74 Å². The zero-order valence-electron chi connectivity index (χ0n) is 11.3. The van der Waals surface area contributed by atoms with Crippen LogP contribution in [0.1, 0.15) is 25.3 Å². The van der Waals surface area contributed by atoms with E-state index in [1.54, 1.807) is 24.3 Å². The minimum Gasteiger partial charge on any atom is -0.434 e. The SMILES string of the molecule is CCCCOC(=O)Oc1ccc2cc(C#N)ccc2c1. The lowest BCUT2D eigenvalue weighted by atomic mass is 10.1. The molecule has 0 saturated heterocycles. The molecule has 4 heteroatoms. The second-order valence-electron chi connectivity index (χ2n) is 4.39. The molecule has 20 heavy (non-hydrogen) atoms. The van der Waals surface area contributed by atoms with Crippen molar-refractivity contribution in [2.75, 3.05) is 6.61 Å². The van der Waals surface area contributed by atoms with Gasteiger partial charge < -0.3 is 9.47 Å². The molecule has 2 aromatic rings. The molecule has 0 atom stereocenters. The number of ether oxygens (including phenoxy) is 2. The second kappa shape index (κ2) is 6.58. The lowest BCUT2D eigenvalue weighted by Gasteiger charge is -2.06. The molecule has 0 heterocycles. The number of unbranched alkanes of at least 4 members (excludes halogenated alkanes) is 1. The van der Waals surface area contributed by atoms with Crippen molar-refractivity contribution in [2.24, 2.45) is 0 Å². The number of fused-ring (bicyclic) bond motifs is 1. The summed E-state index contributed by atoms with van der Waals surface area (Å²) in [6.07, 6.45) is 1.10. The summed E-state index contributed by atoms with van der Waals surface area (Å²) >= 11 is 0. The van der Waals surface area contributed by atoms with Crippen LogP contribution in [0.25, 0.3) is 10.8 Å². The minimum absolute atomic E-state index is 0.369. The molecule has 0 bridgehead atoms. The molecule has 0 radical (unpaired) electrons. The lowest BCUT2D eigenvalue weighted by molar-refractivity contribution is 0.0979. The minimum atomic E-state index is -0.688. The average Bonchev–Trinajstić information content (AvgIpc) is 2.47. The van der Waals surface area contributed by atoms with Crippen molar-refractivity contribution >= 4 is 16.9 Å². The third kappa shape index (κ3) is 3.48. The smallest absolute Gasteiger partial charge is 0.434 e. The van der Waals surface area contributed by atoms with Crippen LogP contribution in [0.4, 0.5) is 4.79 Å². The standard InChI is InChI=1S/C16H15NO3/c1-2-3-8-19-16(18)20-15-7-6-13-9-12(11-17)4-5-14(13)10-15/h4-7,9-10H,2-3,8H2,1H3. The highest BCUT2D eigenvalue weighted by Crippen LogP contribution is 2.22. The topological polar surface area (TPSA) is 59.3 Å². The number of carbonyl (C=O) groups is 1. The van der Waals surface area contributed by atoms with Gasteiger partial charge in [-0.1, -0.05) is 25.5 Å². The summed E-state index contributed by atoms with van der Waals surface area (Å²) < 4.78 is 10.0. The Balaban J connectivity index is 2.08. The zero-order chi connectivity index (χ0) is 14.4. The predicted molar refractivity (Wildman–Crippen MR) is 75.5 cm³/mol. The molecule has 0 aliphatic rings. The van der Waals surface area contributed by atoms with E-state index in [1.807, 2.05) is 19.1 Å². The highest BCUT2D eigenvalue weighted by atomic mass is 16.7. The summed E-state index contributed by atoms with van der Waals surface area (Å²) in [5, 5.41) is 10.7. The van der Waals surface area contributed by atoms with Crippen LogP contribution in [0, 0.1) is 11.3 Å². The van der Waals surface area contributed by atoms with Gasteiger partial charge in [0, 0.05) is 0 Å². The fourth-order valence-electron chi connectivity index (χ4n) is 1.78. The third-order valence-corrected chi connectivity index (χ3v) is 2.86. The Morgan fingerprint density at radius 2 is 1.95 bits per heavy atom. The van der Waals surface area contributed by atoms with Crippen molar-refractivity contribution < 1.29 is 14.3 Å². The van der Waals surface area contributed by atoms with Crippen LogP contribution in [0.3, 0.4) is 0 Å². The summed E-state index contributed by atoms with van der Waals surface area (Å²) in [6.45, 7) is 2.39. The number of nitriles is 1. The van der Waals surface area contributed by atoms with Crippen LogP contribution < -0.4 is 4.74 Å². The summed E-state index contributed by atoms with van der Waals surface area (Å²) in [6, 6.07) is 12.7. The Hall–Kier alpha value is -2.54. The summed E-state index contributed by atoms with van der Waals surface area (Å²) in [5.74, 6) is 0.434. The number of hydrogen-bond acceptors (Lipinski definition) is 4. The molecular formula is C16H15NO3. The molecule has 0 amide bonds. The number of carbonyl (C=O) groups excluding carboxylic acids is 1. The molecule has 0 aromatic heterocycles. The van der Waals surface area contributed by atoms with Gasteiger partial charge in [0.2, 0.25) is 0 Å². The first-order chi connectivity index (χ1) is 9.72. The van der Waals surface area contributed by atoms with Gasteiger partial charge in [0.15, 0.2) is 0 Å². The van der Waals surface area contributed by atoms with Crippen LogP contribution in [0.15, 0.2) is 36.4 Å². The Morgan fingerprint density at radius 1 is 1.20 bits per heavy atom. The third-order valence-electron chi connectivity index (χ3n) is 2.86. The first-order valence-electron chi connectivity index (χ1n) is 6.51. The molecule has 0 saturated carbocycles. The maximum Gasteiger partial charge on any atom is 0.513 e. The number of nitrogens with zero attached hydrogens (tertiary/aromatic N) is 1. The van der Waals surface area contributed by atoms with Crippen molar-refractivity contribution in [3.05, 3.63) is 42.0 Å². The molecule has 0 aliphatic heterocycles. The molecule has 2 rings (SSSR count). The van der Waals surface area contributed by atoms with Gasteiger partial charge in [-0.15, -0.1) is 0 Å². The molecule has 0 fully saturated rings. The van der Waals surface area contributed by atoms with E-state index in [4.69, 9.17) is 14.7 Å². The van der Waals surface area contributed by atoms with Gasteiger partial charge in [0.1, 0.15) is 5.75 Å². The van der Waals surface area contributed by atoms with E-state index in [9.17, 15) is 4.79 Å². The van der Waals surface area contributed by atoms with Crippen molar-refractivity contribution in [2.45, 2.75) is 19.8 Å². The highest BCUT2D eigenvalue weighted by Gasteiger charge is 2.06. The highest BCUT2D eigenvalue weighted by molar-refractivity contribution is 5.85. The summed E-state index contributed by atoms with van der Waals surface area (Å²) in [4.78, 5) is 11.4. The lowest BCUT2D eigenvalue weighted by Crippen LogP contribution is -2.11. The molecule has 0 N–H and O–H groups in total. The quantitative estimate of drug-likeness (QED) is 0.477. The van der Waals surface area contributed by atoms with Gasteiger partial charge in [0.05, 0.1) is 18.2 Å². The Morgan fingerprint density at radius 3 is 2.70 bits per heavy atom. The van der Waals surface area contributed by atoms with Crippen molar-refractivity contribution in [3.63, 3.8) is 0 Å². The summed E-state index contributed by atoms with van der Waals surface area (Å²) in [5.41, 5.74) is 0.602. The normalized spacial score (nSPS) is 10.0. The van der Waals surface area contributed by atoms with Gasteiger partial charge >= 0.3 is 6.16 Å². The fraction of sp³-hybridized carbons (Fsp3) is 0.250. The number of hydrogen-bond donors (Lipinski definition) is 0. The Labute approximate surface area is 117 Å². The maximum atomic E-state index is 11.4. The maximum absolute atomic E-state index is 11.4. The number of rotatable bonds is 4. The summed E-state index contributed by atoms with van der Waals surface area (Å²) in [7, 11) is 0. The first kappa shape index (κ1) is 13.9. The van der Waals surface area contributed by atoms with E-state index in [1.165, 1.54) is 0 Å². The van der Waals surface area contributed by atoms with Crippen molar-refractivity contribution in [1.29, 1.82) is 5.26 Å². The molecule has 2 aromatic carbocycles. The van der Waals surface area contributed by atoms with Gasteiger partial charge in [-0.05, 0) is 41.5 Å². The van der Waals surface area contributed by atoms with Crippen LogP contribution >= 0.6 is 0 Å². The average molecular weight is 269 g/mol. The second-order valence-corrected chi connectivity index (χ2v) is 4.39. The fourth-order valence-corrected chi connectivity index (χ4v) is 1.78. The van der Waals surface area contributed by atoms with Crippen molar-refractivity contribution in [3.8, 4) is 11.8 Å².